The number of nitrogens with one attached hydrogen (secondary N) is 1. The van der Waals surface area contributed by atoms with Crippen molar-refractivity contribution in [3.05, 3.63) is 27.0 Å². The molecule has 0 unspecified atom stereocenters. The second kappa shape index (κ2) is 6.77. The van der Waals surface area contributed by atoms with Crippen LogP contribution < -0.4 is 22.3 Å². The van der Waals surface area contributed by atoms with E-state index in [9.17, 15) is 14.4 Å². The molecule has 106 valence electrons. The Morgan fingerprint density at radius 2 is 2.00 bits per heavy atom. The van der Waals surface area contributed by atoms with Gasteiger partial charge in [0.15, 0.2) is 0 Å². The molecule has 19 heavy (non-hydrogen) atoms. The first-order chi connectivity index (χ1) is 9.01. The molecule has 0 saturated carbocycles. The zero-order valence-corrected chi connectivity index (χ0v) is 11.3. The Labute approximate surface area is 111 Å². The molecule has 0 saturated heterocycles. The molecule has 0 aromatic carbocycles. The molecule has 1 aromatic rings. The van der Waals surface area contributed by atoms with Crippen LogP contribution in [-0.4, -0.2) is 21.6 Å². The summed E-state index contributed by atoms with van der Waals surface area (Å²) in [6.07, 6.45) is 2.20. The lowest BCUT2D eigenvalue weighted by Crippen LogP contribution is -2.41. The first-order valence-corrected chi connectivity index (χ1v) is 6.37. The summed E-state index contributed by atoms with van der Waals surface area (Å²) in [6.45, 7) is 4.78. The van der Waals surface area contributed by atoms with Crippen molar-refractivity contribution in [1.82, 2.24) is 14.5 Å². The van der Waals surface area contributed by atoms with Gasteiger partial charge in [-0.15, -0.1) is 0 Å². The summed E-state index contributed by atoms with van der Waals surface area (Å²) in [5.41, 5.74) is 4.64. The number of hydrogen-bond donors (Lipinski definition) is 2. The smallest absolute Gasteiger partial charge is 0.331 e. The molecule has 0 atom stereocenters. The molecule has 0 spiro atoms. The average molecular weight is 268 g/mol. The third-order valence-electron chi connectivity index (χ3n) is 2.66. The van der Waals surface area contributed by atoms with Crippen LogP contribution in [0.1, 0.15) is 26.7 Å². The fourth-order valence-corrected chi connectivity index (χ4v) is 1.77. The van der Waals surface area contributed by atoms with Crippen molar-refractivity contribution in [2.45, 2.75) is 39.8 Å². The van der Waals surface area contributed by atoms with E-state index in [1.807, 2.05) is 6.92 Å². The second-order valence-electron chi connectivity index (χ2n) is 4.22. The molecule has 1 amide bonds. The van der Waals surface area contributed by atoms with Crippen molar-refractivity contribution in [2.75, 3.05) is 12.3 Å². The molecule has 0 bridgehead atoms. The van der Waals surface area contributed by atoms with Crippen LogP contribution in [0.3, 0.4) is 0 Å². The number of carbonyl (C=O) groups excluding carboxylic acids is 1. The third kappa shape index (κ3) is 3.70. The Balaban J connectivity index is 3.02. The number of hydrogen-bond acceptors (Lipinski definition) is 4. The number of amides is 1. The van der Waals surface area contributed by atoms with E-state index in [4.69, 9.17) is 5.73 Å². The molecule has 0 radical (unpaired) electrons. The van der Waals surface area contributed by atoms with E-state index in [1.54, 1.807) is 6.92 Å². The lowest BCUT2D eigenvalue weighted by atomic mass is 10.3. The van der Waals surface area contributed by atoms with Crippen molar-refractivity contribution in [1.29, 1.82) is 0 Å². The van der Waals surface area contributed by atoms with Crippen LogP contribution in [0.25, 0.3) is 0 Å². The van der Waals surface area contributed by atoms with Gasteiger partial charge in [0.25, 0.3) is 5.56 Å². The number of nitrogens with two attached hydrogens (primary N) is 1. The highest BCUT2D eigenvalue weighted by atomic mass is 16.2. The molecular formula is C12H20N4O3. The number of nitrogens with zero attached hydrogens (tertiary/aromatic N) is 2. The van der Waals surface area contributed by atoms with Crippen molar-refractivity contribution in [2.24, 2.45) is 0 Å². The molecule has 7 nitrogen and oxygen atoms in total. The summed E-state index contributed by atoms with van der Waals surface area (Å²) < 4.78 is 2.41. The molecule has 1 aromatic heterocycles. The topological polar surface area (TPSA) is 99.1 Å². The summed E-state index contributed by atoms with van der Waals surface area (Å²) in [4.78, 5) is 35.2. The number of anilines is 1. The fourth-order valence-electron chi connectivity index (χ4n) is 1.77. The van der Waals surface area contributed by atoms with E-state index in [2.05, 4.69) is 5.32 Å². The molecule has 3 N–H and O–H groups in total. The van der Waals surface area contributed by atoms with Gasteiger partial charge in [0.1, 0.15) is 5.69 Å². The largest absolute Gasteiger partial charge is 0.393 e. The van der Waals surface area contributed by atoms with Gasteiger partial charge in [-0.25, -0.2) is 4.79 Å². The molecule has 0 aliphatic carbocycles. The van der Waals surface area contributed by atoms with Crippen molar-refractivity contribution < 1.29 is 4.79 Å². The zero-order valence-electron chi connectivity index (χ0n) is 11.3. The van der Waals surface area contributed by atoms with Gasteiger partial charge < -0.3 is 11.1 Å². The van der Waals surface area contributed by atoms with E-state index in [-0.39, 0.29) is 24.6 Å². The maximum atomic E-state index is 12.0. The van der Waals surface area contributed by atoms with E-state index < -0.39 is 11.2 Å². The minimum atomic E-state index is -0.540. The lowest BCUT2D eigenvalue weighted by Gasteiger charge is -2.10. The number of aryl methyl sites for hydroxylation is 1. The van der Waals surface area contributed by atoms with Crippen molar-refractivity contribution in [3.8, 4) is 0 Å². The highest BCUT2D eigenvalue weighted by Gasteiger charge is 2.10. The SMILES string of the molecule is CCCn1cc(N)c(=O)n(CCC(=O)NCC)c1=O. The van der Waals surface area contributed by atoms with Gasteiger partial charge in [0, 0.05) is 32.3 Å². The molecule has 0 aliphatic heterocycles. The number of rotatable bonds is 6. The second-order valence-corrected chi connectivity index (χ2v) is 4.22. The van der Waals surface area contributed by atoms with Gasteiger partial charge in [0.2, 0.25) is 5.91 Å². The summed E-state index contributed by atoms with van der Waals surface area (Å²) in [6, 6.07) is 0. The van der Waals surface area contributed by atoms with Crippen molar-refractivity contribution >= 4 is 11.6 Å². The van der Waals surface area contributed by atoms with Crippen LogP contribution in [0.15, 0.2) is 15.8 Å². The predicted molar refractivity (Wildman–Crippen MR) is 73.0 cm³/mol. The van der Waals surface area contributed by atoms with E-state index >= 15 is 0 Å². The highest BCUT2D eigenvalue weighted by Crippen LogP contribution is 1.93. The van der Waals surface area contributed by atoms with Crippen molar-refractivity contribution in [3.63, 3.8) is 0 Å². The highest BCUT2D eigenvalue weighted by molar-refractivity contribution is 5.75. The van der Waals surface area contributed by atoms with E-state index in [1.165, 1.54) is 10.8 Å². The van der Waals surface area contributed by atoms with Crippen LogP contribution in [0, 0.1) is 0 Å². The number of carbonyl (C=O) groups is 1. The normalized spacial score (nSPS) is 10.4. The molecule has 0 aliphatic rings. The average Bonchev–Trinajstić information content (AvgIpc) is 2.36. The molecule has 7 heteroatoms. The Kier molecular flexibility index (Phi) is 5.35. The van der Waals surface area contributed by atoms with Gasteiger partial charge >= 0.3 is 5.69 Å². The minimum Gasteiger partial charge on any atom is -0.393 e. The number of aromatic nitrogens is 2. The van der Waals surface area contributed by atoms with Crippen LogP contribution >= 0.6 is 0 Å². The zero-order chi connectivity index (χ0) is 14.4. The van der Waals surface area contributed by atoms with Gasteiger partial charge in [-0.2, -0.15) is 0 Å². The van der Waals surface area contributed by atoms with Crippen LogP contribution in [0.4, 0.5) is 5.69 Å². The van der Waals surface area contributed by atoms with E-state index in [0.717, 1.165) is 11.0 Å². The first-order valence-electron chi connectivity index (χ1n) is 6.37. The third-order valence-corrected chi connectivity index (χ3v) is 2.66. The fraction of sp³-hybridized carbons (Fsp3) is 0.583. The lowest BCUT2D eigenvalue weighted by molar-refractivity contribution is -0.121. The summed E-state index contributed by atoms with van der Waals surface area (Å²) in [5.74, 6) is -0.196. The molecule has 1 rings (SSSR count). The maximum Gasteiger partial charge on any atom is 0.331 e. The Hall–Kier alpha value is -2.05. The number of nitrogen functional groups attached to an aromatic ring is 1. The molecular weight excluding hydrogens is 248 g/mol. The summed E-state index contributed by atoms with van der Waals surface area (Å²) in [5, 5.41) is 2.61. The van der Waals surface area contributed by atoms with E-state index in [0.29, 0.717) is 13.1 Å². The van der Waals surface area contributed by atoms with Gasteiger partial charge in [-0.1, -0.05) is 6.92 Å². The van der Waals surface area contributed by atoms with Gasteiger partial charge in [-0.05, 0) is 13.3 Å². The van der Waals surface area contributed by atoms with Gasteiger partial charge in [0.05, 0.1) is 0 Å². The van der Waals surface area contributed by atoms with Crippen LogP contribution in [0.2, 0.25) is 0 Å². The minimum absolute atomic E-state index is 0.0175. The standard InChI is InChI=1S/C12H20N4O3/c1-3-6-15-8-9(13)11(18)16(12(15)19)7-5-10(17)14-4-2/h8H,3-7,13H2,1-2H3,(H,14,17). The van der Waals surface area contributed by atoms with Crippen LogP contribution in [0.5, 0.6) is 0 Å². The Morgan fingerprint density at radius 1 is 1.32 bits per heavy atom. The Bertz CT molecular complexity index is 559. The molecule has 1 heterocycles. The molecule has 0 fully saturated rings. The first kappa shape index (κ1) is 15.0. The maximum absolute atomic E-state index is 12.0. The summed E-state index contributed by atoms with van der Waals surface area (Å²) >= 11 is 0. The Morgan fingerprint density at radius 3 is 2.58 bits per heavy atom. The summed E-state index contributed by atoms with van der Waals surface area (Å²) in [7, 11) is 0. The predicted octanol–water partition coefficient (Wildman–Crippen LogP) is -0.472. The quantitative estimate of drug-likeness (QED) is 0.728. The monoisotopic (exact) mass is 268 g/mol. The van der Waals surface area contributed by atoms with Gasteiger partial charge in [-0.3, -0.25) is 18.7 Å². The van der Waals surface area contributed by atoms with Crippen LogP contribution in [-0.2, 0) is 17.9 Å².